The van der Waals surface area contributed by atoms with Gasteiger partial charge in [0.25, 0.3) is 0 Å². The number of rotatable bonds is 6. The van der Waals surface area contributed by atoms with E-state index in [2.05, 4.69) is 9.97 Å². The first kappa shape index (κ1) is 18.3. The van der Waals surface area contributed by atoms with Gasteiger partial charge in [-0.2, -0.15) is 0 Å². The van der Waals surface area contributed by atoms with Crippen LogP contribution in [0.2, 0.25) is 0 Å². The van der Waals surface area contributed by atoms with Gasteiger partial charge in [-0.3, -0.25) is 0 Å². The van der Waals surface area contributed by atoms with Crippen LogP contribution in [0.25, 0.3) is 22.5 Å². The molecule has 0 aliphatic carbocycles. The minimum Gasteiger partial charge on any atom is -0.497 e. The average Bonchev–Trinajstić information content (AvgIpc) is 2.72. The standard InChI is InChI=1S/C20H21N3O4/c1-24-12-5-7-18(26-3)14(9-12)16-11-17(23-20(21)22-16)15-10-13(25-2)6-8-19(15)27-4/h5-11H,1-4H3,(H2,21,22,23). The second kappa shape index (κ2) is 7.82. The number of ether oxygens (including phenoxy) is 4. The van der Waals surface area contributed by atoms with Gasteiger partial charge in [0.15, 0.2) is 0 Å². The predicted molar refractivity (Wildman–Crippen MR) is 104 cm³/mol. The zero-order valence-corrected chi connectivity index (χ0v) is 15.6. The molecular weight excluding hydrogens is 346 g/mol. The van der Waals surface area contributed by atoms with E-state index >= 15 is 0 Å². The van der Waals surface area contributed by atoms with Gasteiger partial charge in [0.05, 0.1) is 39.8 Å². The maximum absolute atomic E-state index is 5.99. The first-order valence-corrected chi connectivity index (χ1v) is 8.19. The maximum Gasteiger partial charge on any atom is 0.221 e. The van der Waals surface area contributed by atoms with Gasteiger partial charge >= 0.3 is 0 Å². The van der Waals surface area contributed by atoms with Crippen molar-refractivity contribution >= 4 is 5.95 Å². The van der Waals surface area contributed by atoms with Crippen LogP contribution in [0.1, 0.15) is 0 Å². The van der Waals surface area contributed by atoms with Crippen molar-refractivity contribution < 1.29 is 18.9 Å². The lowest BCUT2D eigenvalue weighted by Gasteiger charge is -2.13. The van der Waals surface area contributed by atoms with E-state index in [1.165, 1.54) is 0 Å². The van der Waals surface area contributed by atoms with Gasteiger partial charge in [0, 0.05) is 11.1 Å². The first-order chi connectivity index (χ1) is 13.1. The van der Waals surface area contributed by atoms with Crippen molar-refractivity contribution in [2.75, 3.05) is 34.2 Å². The minimum absolute atomic E-state index is 0.136. The molecule has 27 heavy (non-hydrogen) atoms. The van der Waals surface area contributed by atoms with Crippen LogP contribution < -0.4 is 24.7 Å². The minimum atomic E-state index is 0.136. The molecule has 0 radical (unpaired) electrons. The number of aromatic nitrogens is 2. The number of benzene rings is 2. The van der Waals surface area contributed by atoms with Crippen LogP contribution in [0, 0.1) is 0 Å². The smallest absolute Gasteiger partial charge is 0.221 e. The van der Waals surface area contributed by atoms with Gasteiger partial charge < -0.3 is 24.7 Å². The number of nitrogen functional groups attached to an aromatic ring is 1. The van der Waals surface area contributed by atoms with Crippen molar-refractivity contribution in [2.45, 2.75) is 0 Å². The van der Waals surface area contributed by atoms with Gasteiger partial charge in [-0.25, -0.2) is 9.97 Å². The van der Waals surface area contributed by atoms with E-state index in [1.807, 2.05) is 42.5 Å². The molecule has 0 saturated heterocycles. The zero-order chi connectivity index (χ0) is 19.4. The van der Waals surface area contributed by atoms with Gasteiger partial charge in [0.2, 0.25) is 5.95 Å². The van der Waals surface area contributed by atoms with Gasteiger partial charge in [-0.15, -0.1) is 0 Å². The summed E-state index contributed by atoms with van der Waals surface area (Å²) in [5.74, 6) is 2.80. The lowest BCUT2D eigenvalue weighted by molar-refractivity contribution is 0.404. The summed E-state index contributed by atoms with van der Waals surface area (Å²) < 4.78 is 21.6. The number of nitrogens with two attached hydrogens (primary N) is 1. The van der Waals surface area contributed by atoms with Crippen molar-refractivity contribution in [2.24, 2.45) is 0 Å². The molecule has 0 bridgehead atoms. The molecular formula is C20H21N3O4. The molecule has 2 N–H and O–H groups in total. The van der Waals surface area contributed by atoms with Crippen LogP contribution >= 0.6 is 0 Å². The first-order valence-electron chi connectivity index (χ1n) is 8.19. The van der Waals surface area contributed by atoms with E-state index in [0.717, 1.165) is 11.1 Å². The molecule has 7 nitrogen and oxygen atoms in total. The van der Waals surface area contributed by atoms with E-state index in [4.69, 9.17) is 24.7 Å². The molecule has 0 aliphatic rings. The Morgan fingerprint density at radius 2 is 1.07 bits per heavy atom. The predicted octanol–water partition coefficient (Wildman–Crippen LogP) is 3.43. The number of nitrogens with zero attached hydrogens (tertiary/aromatic N) is 2. The monoisotopic (exact) mass is 367 g/mol. The van der Waals surface area contributed by atoms with Crippen molar-refractivity contribution in [3.8, 4) is 45.5 Å². The summed E-state index contributed by atoms with van der Waals surface area (Å²) >= 11 is 0. The SMILES string of the molecule is COc1ccc(OC)c(-c2cc(-c3cc(OC)ccc3OC)nc(N)n2)c1. The highest BCUT2D eigenvalue weighted by atomic mass is 16.5. The molecule has 1 heterocycles. The van der Waals surface area contributed by atoms with Gasteiger partial charge in [-0.1, -0.05) is 0 Å². The van der Waals surface area contributed by atoms with Crippen LogP contribution in [0.4, 0.5) is 5.95 Å². The summed E-state index contributed by atoms with van der Waals surface area (Å²) in [5.41, 5.74) is 8.70. The molecule has 0 unspecified atom stereocenters. The molecule has 0 amide bonds. The summed E-state index contributed by atoms with van der Waals surface area (Å²) in [7, 11) is 6.41. The molecule has 0 atom stereocenters. The molecule has 0 aliphatic heterocycles. The molecule has 0 fully saturated rings. The van der Waals surface area contributed by atoms with Crippen molar-refractivity contribution in [3.05, 3.63) is 42.5 Å². The Balaban J connectivity index is 2.20. The normalized spacial score (nSPS) is 10.4. The fourth-order valence-corrected chi connectivity index (χ4v) is 2.77. The van der Waals surface area contributed by atoms with E-state index in [9.17, 15) is 0 Å². The van der Waals surface area contributed by atoms with Crippen LogP contribution in [0.3, 0.4) is 0 Å². The Labute approximate surface area is 157 Å². The summed E-state index contributed by atoms with van der Waals surface area (Å²) in [6.07, 6.45) is 0. The molecule has 3 aromatic rings. The second-order valence-electron chi connectivity index (χ2n) is 5.63. The van der Waals surface area contributed by atoms with Crippen LogP contribution in [0.15, 0.2) is 42.5 Å². The van der Waals surface area contributed by atoms with Crippen molar-refractivity contribution in [3.63, 3.8) is 0 Å². The average molecular weight is 367 g/mol. The number of methoxy groups -OCH3 is 4. The largest absolute Gasteiger partial charge is 0.497 e. The van der Waals surface area contributed by atoms with Gasteiger partial charge in [-0.05, 0) is 42.5 Å². The number of anilines is 1. The molecule has 0 saturated carbocycles. The fraction of sp³-hybridized carbons (Fsp3) is 0.200. The highest BCUT2D eigenvalue weighted by Crippen LogP contribution is 2.37. The Hall–Kier alpha value is -3.48. The van der Waals surface area contributed by atoms with Gasteiger partial charge in [0.1, 0.15) is 23.0 Å². The third kappa shape index (κ3) is 3.72. The van der Waals surface area contributed by atoms with Crippen LogP contribution in [-0.2, 0) is 0 Å². The molecule has 2 aromatic carbocycles. The number of hydrogen-bond acceptors (Lipinski definition) is 7. The molecule has 1 aromatic heterocycles. The Bertz CT molecular complexity index is 886. The van der Waals surface area contributed by atoms with Crippen molar-refractivity contribution in [1.82, 2.24) is 9.97 Å². The molecule has 7 heteroatoms. The van der Waals surface area contributed by atoms with E-state index in [-0.39, 0.29) is 5.95 Å². The van der Waals surface area contributed by atoms with E-state index in [1.54, 1.807) is 28.4 Å². The lowest BCUT2D eigenvalue weighted by Crippen LogP contribution is -2.01. The van der Waals surface area contributed by atoms with E-state index < -0.39 is 0 Å². The topological polar surface area (TPSA) is 88.7 Å². The summed E-state index contributed by atoms with van der Waals surface area (Å²) in [6, 6.07) is 12.8. The van der Waals surface area contributed by atoms with Crippen LogP contribution in [0.5, 0.6) is 23.0 Å². The highest BCUT2D eigenvalue weighted by molar-refractivity contribution is 5.77. The summed E-state index contributed by atoms with van der Waals surface area (Å²) in [6.45, 7) is 0. The third-order valence-corrected chi connectivity index (χ3v) is 4.11. The van der Waals surface area contributed by atoms with E-state index in [0.29, 0.717) is 34.4 Å². The Morgan fingerprint density at radius 3 is 1.44 bits per heavy atom. The second-order valence-corrected chi connectivity index (χ2v) is 5.63. The fourth-order valence-electron chi connectivity index (χ4n) is 2.77. The summed E-state index contributed by atoms with van der Waals surface area (Å²) in [5, 5.41) is 0. The van der Waals surface area contributed by atoms with Crippen molar-refractivity contribution in [1.29, 1.82) is 0 Å². The lowest BCUT2D eigenvalue weighted by atomic mass is 10.1. The van der Waals surface area contributed by atoms with Crippen LogP contribution in [-0.4, -0.2) is 38.4 Å². The zero-order valence-electron chi connectivity index (χ0n) is 15.6. The molecule has 3 rings (SSSR count). The third-order valence-electron chi connectivity index (χ3n) is 4.11. The molecule has 0 spiro atoms. The highest BCUT2D eigenvalue weighted by Gasteiger charge is 2.15. The number of hydrogen-bond donors (Lipinski definition) is 1. The Kier molecular flexibility index (Phi) is 5.30. The Morgan fingerprint density at radius 1 is 0.630 bits per heavy atom. The quantitative estimate of drug-likeness (QED) is 0.714. The maximum atomic E-state index is 5.99. The summed E-state index contributed by atoms with van der Waals surface area (Å²) in [4.78, 5) is 8.74. The molecule has 140 valence electrons.